The maximum absolute atomic E-state index is 9.33. The Hall–Kier alpha value is -3.15. The molecule has 0 aliphatic carbocycles. The maximum Gasteiger partial charge on any atom is 0.137 e. The third-order valence-electron chi connectivity index (χ3n) is 6.62. The van der Waals surface area contributed by atoms with Crippen LogP contribution >= 0.6 is 0 Å². The van der Waals surface area contributed by atoms with Crippen molar-refractivity contribution in [2.24, 2.45) is 0 Å². The number of aromatic nitrogens is 2. The molecule has 5 heteroatoms. The molecule has 5 nitrogen and oxygen atoms in total. The van der Waals surface area contributed by atoms with E-state index in [9.17, 15) is 5.11 Å². The third-order valence-corrected chi connectivity index (χ3v) is 6.62. The van der Waals surface area contributed by atoms with E-state index in [2.05, 4.69) is 66.0 Å². The van der Waals surface area contributed by atoms with Gasteiger partial charge in [-0.3, -0.25) is 0 Å². The average molecular weight is 427 g/mol. The molecule has 0 amide bonds. The second-order valence-electron chi connectivity index (χ2n) is 8.93. The summed E-state index contributed by atoms with van der Waals surface area (Å²) in [6, 6.07) is 14.9. The van der Waals surface area contributed by atoms with Gasteiger partial charge in [0.2, 0.25) is 0 Å². The number of H-pyrrole nitrogens is 1. The fraction of sp³-hybridized carbons (Fsp3) is 0.296. The molecule has 5 rings (SSSR count). The van der Waals surface area contributed by atoms with Crippen LogP contribution in [0.4, 0.5) is 5.69 Å². The van der Waals surface area contributed by atoms with Crippen molar-refractivity contribution in [2.75, 3.05) is 38.1 Å². The van der Waals surface area contributed by atoms with E-state index in [1.54, 1.807) is 0 Å². The normalized spacial score (nSPS) is 14.9. The smallest absolute Gasteiger partial charge is 0.137 e. The minimum atomic E-state index is 0.0582. The Balaban J connectivity index is 1.52. The van der Waals surface area contributed by atoms with Crippen LogP contribution in [0.15, 0.2) is 54.9 Å². The lowest BCUT2D eigenvalue weighted by Gasteiger charge is -2.36. The van der Waals surface area contributed by atoms with Gasteiger partial charge >= 0.3 is 0 Å². The Labute approximate surface area is 189 Å². The minimum Gasteiger partial charge on any atom is -0.392 e. The Morgan fingerprint density at radius 3 is 2.25 bits per heavy atom. The summed E-state index contributed by atoms with van der Waals surface area (Å²) in [6.07, 6.45) is 3.98. The summed E-state index contributed by atoms with van der Waals surface area (Å²) >= 11 is 0. The number of aliphatic hydroxyl groups is 1. The van der Waals surface area contributed by atoms with Gasteiger partial charge in [-0.2, -0.15) is 0 Å². The van der Waals surface area contributed by atoms with E-state index in [0.717, 1.165) is 59.5 Å². The second kappa shape index (κ2) is 8.41. The van der Waals surface area contributed by atoms with Crippen molar-refractivity contribution in [3.8, 4) is 22.3 Å². The monoisotopic (exact) mass is 426 g/mol. The molecule has 0 unspecified atom stereocenters. The number of hydrogen-bond acceptors (Lipinski definition) is 4. The van der Waals surface area contributed by atoms with E-state index < -0.39 is 0 Å². The molecule has 0 bridgehead atoms. The lowest BCUT2D eigenvalue weighted by molar-refractivity contribution is 0.282. The molecular weight excluding hydrogens is 396 g/mol. The van der Waals surface area contributed by atoms with Crippen molar-refractivity contribution in [2.45, 2.75) is 20.5 Å². The zero-order valence-electron chi connectivity index (χ0n) is 19.0. The molecular formula is C27H30N4O. The summed E-state index contributed by atoms with van der Waals surface area (Å²) in [6.45, 7) is 8.87. The number of aromatic amines is 1. The van der Waals surface area contributed by atoms with Crippen molar-refractivity contribution in [1.29, 1.82) is 0 Å². The zero-order chi connectivity index (χ0) is 22.2. The molecule has 2 aromatic carbocycles. The Bertz CT molecular complexity index is 1230. The fourth-order valence-electron chi connectivity index (χ4n) is 4.84. The van der Waals surface area contributed by atoms with Gasteiger partial charge < -0.3 is 19.9 Å². The Morgan fingerprint density at radius 2 is 1.59 bits per heavy atom. The number of aliphatic hydroxyl groups excluding tert-OH is 1. The van der Waals surface area contributed by atoms with Crippen LogP contribution in [0.25, 0.3) is 33.3 Å². The van der Waals surface area contributed by atoms with Gasteiger partial charge in [-0.05, 0) is 66.9 Å². The molecule has 0 saturated carbocycles. The van der Waals surface area contributed by atoms with E-state index in [1.165, 1.54) is 22.4 Å². The molecule has 1 fully saturated rings. The average Bonchev–Trinajstić information content (AvgIpc) is 3.23. The van der Waals surface area contributed by atoms with Crippen molar-refractivity contribution >= 4 is 16.7 Å². The van der Waals surface area contributed by atoms with Crippen LogP contribution in [0.1, 0.15) is 16.7 Å². The molecule has 0 radical (unpaired) electrons. The van der Waals surface area contributed by atoms with Crippen LogP contribution in [-0.2, 0) is 6.61 Å². The first-order valence-corrected chi connectivity index (χ1v) is 11.3. The third kappa shape index (κ3) is 3.78. The van der Waals surface area contributed by atoms with Crippen LogP contribution in [0, 0.1) is 13.8 Å². The highest BCUT2D eigenvalue weighted by molar-refractivity contribution is 5.96. The molecule has 1 aliphatic rings. The number of likely N-dealkylation sites (N-methyl/N-ethyl adjacent to an activating group) is 1. The first-order chi connectivity index (χ1) is 15.5. The van der Waals surface area contributed by atoms with Gasteiger partial charge in [0.25, 0.3) is 0 Å². The summed E-state index contributed by atoms with van der Waals surface area (Å²) in [5.74, 6) is 0. The van der Waals surface area contributed by atoms with E-state index >= 15 is 0 Å². The number of pyridine rings is 1. The summed E-state index contributed by atoms with van der Waals surface area (Å²) in [5.41, 5.74) is 10.4. The number of nitrogens with zero attached hydrogens (tertiary/aromatic N) is 3. The minimum absolute atomic E-state index is 0.0582. The highest BCUT2D eigenvalue weighted by Gasteiger charge is 2.19. The van der Waals surface area contributed by atoms with Crippen molar-refractivity contribution in [1.82, 2.24) is 14.9 Å². The van der Waals surface area contributed by atoms with E-state index in [4.69, 9.17) is 4.98 Å². The van der Waals surface area contributed by atoms with Crippen LogP contribution in [0.5, 0.6) is 0 Å². The first kappa shape index (κ1) is 20.7. The molecule has 2 aromatic heterocycles. The van der Waals surface area contributed by atoms with Crippen LogP contribution in [0.2, 0.25) is 0 Å². The summed E-state index contributed by atoms with van der Waals surface area (Å²) in [7, 11) is 2.19. The molecule has 2 N–H and O–H groups in total. The quantitative estimate of drug-likeness (QED) is 0.494. The number of rotatable bonds is 4. The Kier molecular flexibility index (Phi) is 5.45. The maximum atomic E-state index is 9.33. The number of hydrogen-bond donors (Lipinski definition) is 2. The molecule has 32 heavy (non-hydrogen) atoms. The number of fused-ring (bicyclic) bond motifs is 1. The molecule has 1 aliphatic heterocycles. The standard InChI is InChI=1S/C27H30N4O/c1-18-12-22(13-19(2)26(18)31-10-8-30(3)9-11-31)23-14-24-25(16-29-27(24)28-15-23)21-6-4-20(17-32)5-7-21/h4-7,12-16,32H,8-11,17H2,1-3H3,(H,28,29). The highest BCUT2D eigenvalue weighted by Crippen LogP contribution is 2.34. The molecule has 4 aromatic rings. The number of nitrogens with one attached hydrogen (secondary N) is 1. The molecule has 0 atom stereocenters. The van der Waals surface area contributed by atoms with E-state index in [-0.39, 0.29) is 6.61 Å². The predicted octanol–water partition coefficient (Wildman–Crippen LogP) is 4.76. The van der Waals surface area contributed by atoms with Gasteiger partial charge in [0.1, 0.15) is 5.65 Å². The predicted molar refractivity (Wildman–Crippen MR) is 132 cm³/mol. The Morgan fingerprint density at radius 1 is 0.906 bits per heavy atom. The molecule has 164 valence electrons. The summed E-state index contributed by atoms with van der Waals surface area (Å²) in [5, 5.41) is 10.4. The van der Waals surface area contributed by atoms with Crippen LogP contribution in [0.3, 0.4) is 0 Å². The largest absolute Gasteiger partial charge is 0.392 e. The first-order valence-electron chi connectivity index (χ1n) is 11.3. The van der Waals surface area contributed by atoms with Crippen LogP contribution < -0.4 is 4.90 Å². The lowest BCUT2D eigenvalue weighted by atomic mass is 9.97. The number of piperazine rings is 1. The van der Waals surface area contributed by atoms with Crippen molar-refractivity contribution in [3.63, 3.8) is 0 Å². The molecule has 1 saturated heterocycles. The number of aryl methyl sites for hydroxylation is 2. The topological polar surface area (TPSA) is 55.4 Å². The summed E-state index contributed by atoms with van der Waals surface area (Å²) < 4.78 is 0. The van der Waals surface area contributed by atoms with Gasteiger partial charge in [-0.15, -0.1) is 0 Å². The van der Waals surface area contributed by atoms with Gasteiger partial charge in [-0.1, -0.05) is 24.3 Å². The van der Waals surface area contributed by atoms with Gasteiger partial charge in [0.05, 0.1) is 6.61 Å². The summed E-state index contributed by atoms with van der Waals surface area (Å²) in [4.78, 5) is 12.9. The second-order valence-corrected chi connectivity index (χ2v) is 8.93. The fourth-order valence-corrected chi connectivity index (χ4v) is 4.84. The zero-order valence-corrected chi connectivity index (χ0v) is 19.0. The number of benzene rings is 2. The van der Waals surface area contributed by atoms with Gasteiger partial charge in [-0.25, -0.2) is 4.98 Å². The van der Waals surface area contributed by atoms with Crippen molar-refractivity contribution < 1.29 is 5.11 Å². The van der Waals surface area contributed by atoms with E-state index in [1.807, 2.05) is 24.5 Å². The lowest BCUT2D eigenvalue weighted by Crippen LogP contribution is -2.45. The molecule has 0 spiro atoms. The van der Waals surface area contributed by atoms with Crippen LogP contribution in [-0.4, -0.2) is 53.2 Å². The van der Waals surface area contributed by atoms with Gasteiger partial charge in [0.15, 0.2) is 0 Å². The molecule has 3 heterocycles. The van der Waals surface area contributed by atoms with Crippen molar-refractivity contribution in [3.05, 3.63) is 71.5 Å². The number of anilines is 1. The van der Waals surface area contributed by atoms with E-state index in [0.29, 0.717) is 0 Å². The van der Waals surface area contributed by atoms with Gasteiger partial charge in [0, 0.05) is 60.8 Å². The SMILES string of the molecule is Cc1cc(-c2cnc3[nH]cc(-c4ccc(CO)cc4)c3c2)cc(C)c1N1CCN(C)CC1. The highest BCUT2D eigenvalue weighted by atomic mass is 16.3.